The van der Waals surface area contributed by atoms with Crippen LogP contribution in [-0.4, -0.2) is 16.2 Å². The van der Waals surface area contributed by atoms with E-state index in [9.17, 15) is 9.90 Å². The van der Waals surface area contributed by atoms with Crippen molar-refractivity contribution in [3.05, 3.63) is 71.8 Å². The van der Waals surface area contributed by atoms with Crippen LogP contribution in [-0.2, 0) is 10.4 Å². The van der Waals surface area contributed by atoms with Crippen LogP contribution >= 0.6 is 0 Å². The fourth-order valence-corrected chi connectivity index (χ4v) is 1.76. The van der Waals surface area contributed by atoms with Gasteiger partial charge in [0.25, 0.3) is 1.43 Å². The van der Waals surface area contributed by atoms with Crippen LogP contribution in [0.5, 0.6) is 0 Å². The number of hydrogen-bond acceptors (Lipinski definition) is 3. The Morgan fingerprint density at radius 3 is 1.71 bits per heavy atom. The van der Waals surface area contributed by atoms with Crippen molar-refractivity contribution in [2.75, 3.05) is 0 Å². The molecular weight excluding hydrogens is 216 g/mol. The molecule has 3 nitrogen and oxygen atoms in total. The fraction of sp³-hybridized carbons (Fsp3) is 0.0714. The summed E-state index contributed by atoms with van der Waals surface area (Å²) >= 11 is 0. The number of carboxylic acid groups (broad SMARTS) is 1. The standard InChI is InChI=1S/C14H12O3/c15-13(16)14(17,11-7-3-1-4-8-11)12-9-5-2-6-10-12/h1-10,17H,(H,15,16)/i/hT. The Morgan fingerprint density at radius 1 is 0.941 bits per heavy atom. The second-order valence-corrected chi connectivity index (χ2v) is 3.73. The molecule has 0 heterocycles. The lowest BCUT2D eigenvalue weighted by Gasteiger charge is -2.24. The van der Waals surface area contributed by atoms with E-state index in [0.717, 1.165) is 0 Å². The van der Waals surface area contributed by atoms with Gasteiger partial charge in [0, 0.05) is 0 Å². The Labute approximate surface area is 100 Å². The third-order valence-electron chi connectivity index (χ3n) is 2.68. The van der Waals surface area contributed by atoms with Gasteiger partial charge in [-0.2, -0.15) is 0 Å². The maximum Gasteiger partial charge on any atom is 0.345 e. The van der Waals surface area contributed by atoms with Crippen LogP contribution in [0, 0.1) is 0 Å². The minimum atomic E-state index is -1.95. The van der Waals surface area contributed by atoms with E-state index >= 15 is 0 Å². The van der Waals surface area contributed by atoms with Crippen LogP contribution in [0.4, 0.5) is 0 Å². The summed E-state index contributed by atoms with van der Waals surface area (Å²) in [5.74, 6) is -1.03. The van der Waals surface area contributed by atoms with Crippen molar-refractivity contribution in [1.82, 2.24) is 0 Å². The van der Waals surface area contributed by atoms with E-state index in [0.29, 0.717) is 11.1 Å². The molecule has 0 saturated carbocycles. The van der Waals surface area contributed by atoms with Crippen molar-refractivity contribution < 1.29 is 15.0 Å². The minimum absolute atomic E-state index is 0.369. The average Bonchev–Trinajstić information content (AvgIpc) is 2.47. The Kier molecular flexibility index (Phi) is 2.60. The first-order chi connectivity index (χ1) is 8.69. The van der Waals surface area contributed by atoms with Crippen molar-refractivity contribution in [3.8, 4) is 0 Å². The monoisotopic (exact) mass is 230 g/mol. The highest BCUT2D eigenvalue weighted by Gasteiger charge is 2.39. The summed E-state index contributed by atoms with van der Waals surface area (Å²) in [7, 11) is 0. The SMILES string of the molecule is [3H]OC(=O)C(O)(c1ccccc1)c1ccccc1. The number of benzene rings is 2. The molecule has 0 aliphatic carbocycles. The van der Waals surface area contributed by atoms with Crippen molar-refractivity contribution in [3.63, 3.8) is 0 Å². The fourth-order valence-electron chi connectivity index (χ4n) is 1.76. The summed E-state index contributed by atoms with van der Waals surface area (Å²) < 4.78 is 6.75. The van der Waals surface area contributed by atoms with Gasteiger partial charge >= 0.3 is 5.97 Å². The zero-order chi connectivity index (χ0) is 13.0. The predicted molar refractivity (Wildman–Crippen MR) is 63.5 cm³/mol. The molecule has 0 aliphatic heterocycles. The lowest BCUT2D eigenvalue weighted by Crippen LogP contribution is -2.36. The molecule has 2 rings (SSSR count). The number of carbonyl (C=O) groups is 1. The molecule has 0 atom stereocenters. The third kappa shape index (κ3) is 1.92. The zero-order valence-electron chi connectivity index (χ0n) is 10.0. The molecule has 0 aromatic heterocycles. The molecular formula is C14H12O3. The van der Waals surface area contributed by atoms with Crippen molar-refractivity contribution in [1.29, 1.82) is 1.43 Å². The van der Waals surface area contributed by atoms with Crippen LogP contribution in [0.25, 0.3) is 1.43 Å². The first-order valence-electron chi connectivity index (χ1n) is 5.61. The summed E-state index contributed by atoms with van der Waals surface area (Å²) in [4.78, 5) is 11.8. The van der Waals surface area contributed by atoms with Crippen molar-refractivity contribution in [2.24, 2.45) is 0 Å². The van der Waals surface area contributed by atoms with E-state index in [4.69, 9.17) is 1.43 Å². The topological polar surface area (TPSA) is 57.5 Å². The van der Waals surface area contributed by atoms with Gasteiger partial charge in [-0.25, -0.2) is 4.79 Å². The first kappa shape index (κ1) is 10.1. The smallest absolute Gasteiger partial charge is 0.345 e. The molecule has 2 aromatic rings. The van der Waals surface area contributed by atoms with Gasteiger partial charge < -0.3 is 10.2 Å². The maximum atomic E-state index is 11.8. The van der Waals surface area contributed by atoms with Crippen LogP contribution < -0.4 is 0 Å². The molecule has 3 heteroatoms. The van der Waals surface area contributed by atoms with Gasteiger partial charge in [0.05, 0.1) is 0 Å². The lowest BCUT2D eigenvalue weighted by atomic mass is 9.86. The van der Waals surface area contributed by atoms with E-state index in [1.807, 2.05) is 0 Å². The molecule has 0 spiro atoms. The van der Waals surface area contributed by atoms with Gasteiger partial charge in [-0.3, -0.25) is 0 Å². The molecule has 2 aromatic carbocycles. The molecule has 0 saturated heterocycles. The number of hydrogen-bond donors (Lipinski definition) is 2. The maximum absolute atomic E-state index is 11.8. The molecule has 0 aliphatic rings. The summed E-state index contributed by atoms with van der Waals surface area (Å²) in [6.45, 7) is 0. The lowest BCUT2D eigenvalue weighted by molar-refractivity contribution is -0.155. The zero-order valence-corrected chi connectivity index (χ0v) is 9.04. The van der Waals surface area contributed by atoms with E-state index in [1.165, 1.54) is 0 Å². The number of aliphatic carboxylic acids is 1. The molecule has 86 valence electrons. The Balaban J connectivity index is 2.59. The highest BCUT2D eigenvalue weighted by molar-refractivity contribution is 5.83. The van der Waals surface area contributed by atoms with Crippen LogP contribution in [0.1, 0.15) is 11.1 Å². The highest BCUT2D eigenvalue weighted by Crippen LogP contribution is 2.29. The molecule has 0 amide bonds. The largest absolute Gasteiger partial charge is 0.479 e. The van der Waals surface area contributed by atoms with Crippen molar-refractivity contribution >= 4 is 5.97 Å². The van der Waals surface area contributed by atoms with Crippen LogP contribution in [0.15, 0.2) is 60.7 Å². The summed E-state index contributed by atoms with van der Waals surface area (Å²) in [5, 5.41) is 14.6. The quantitative estimate of drug-likeness (QED) is 0.848. The van der Waals surface area contributed by atoms with Gasteiger partial charge in [0.15, 0.2) is 0 Å². The summed E-state index contributed by atoms with van der Waals surface area (Å²) in [5.41, 5.74) is -1.22. The van der Waals surface area contributed by atoms with E-state index < -0.39 is 11.6 Å². The number of rotatable bonds is 3. The second kappa shape index (κ2) is 4.39. The third-order valence-corrected chi connectivity index (χ3v) is 2.68. The van der Waals surface area contributed by atoms with Crippen molar-refractivity contribution in [2.45, 2.75) is 5.60 Å². The number of carboxylic acids is 1. The Bertz CT molecular complexity index is 486. The highest BCUT2D eigenvalue weighted by atomic mass is 16.4. The predicted octanol–water partition coefficient (Wildman–Crippen LogP) is 2.01. The average molecular weight is 230 g/mol. The van der Waals surface area contributed by atoms with E-state index in [1.54, 1.807) is 60.7 Å². The summed E-state index contributed by atoms with van der Waals surface area (Å²) in [6, 6.07) is 16.9. The molecule has 2 N–H and O–H groups in total. The Morgan fingerprint density at radius 2 is 1.35 bits per heavy atom. The molecule has 0 bridgehead atoms. The normalized spacial score (nSPS) is 11.7. The molecule has 0 fully saturated rings. The molecule has 0 radical (unpaired) electrons. The van der Waals surface area contributed by atoms with Gasteiger partial charge in [0.1, 0.15) is 0 Å². The molecule has 0 unspecified atom stereocenters. The van der Waals surface area contributed by atoms with Gasteiger partial charge in [-0.1, -0.05) is 60.7 Å². The first-order valence-corrected chi connectivity index (χ1v) is 5.20. The second-order valence-electron chi connectivity index (χ2n) is 3.73. The number of aliphatic hydroxyl groups is 1. The molecule has 17 heavy (non-hydrogen) atoms. The minimum Gasteiger partial charge on any atom is -0.479 e. The van der Waals surface area contributed by atoms with Gasteiger partial charge in [0.2, 0.25) is 5.60 Å². The van der Waals surface area contributed by atoms with E-state index in [-0.39, 0.29) is 0 Å². The van der Waals surface area contributed by atoms with E-state index in [2.05, 4.69) is 5.11 Å². The van der Waals surface area contributed by atoms with Crippen LogP contribution in [0.3, 0.4) is 0 Å². The van der Waals surface area contributed by atoms with Gasteiger partial charge in [-0.15, -0.1) is 0 Å². The summed E-state index contributed by atoms with van der Waals surface area (Å²) in [6.07, 6.45) is 0. The van der Waals surface area contributed by atoms with Gasteiger partial charge in [-0.05, 0) is 11.1 Å². The van der Waals surface area contributed by atoms with Crippen LogP contribution in [0.2, 0.25) is 0 Å². The Hall–Kier alpha value is -2.13.